The Morgan fingerprint density at radius 1 is 1.20 bits per heavy atom. The number of halogens is 1. The number of rotatable bonds is 4. The molecule has 1 rings (SSSR count). The van der Waals surface area contributed by atoms with Gasteiger partial charge in [0, 0.05) is 16.1 Å². The minimum absolute atomic E-state index is 0.0270. The molecule has 0 radical (unpaired) electrons. The quantitative estimate of drug-likeness (QED) is 0.828. The van der Waals surface area contributed by atoms with Crippen molar-refractivity contribution < 1.29 is 9.59 Å². The summed E-state index contributed by atoms with van der Waals surface area (Å²) in [5, 5.41) is 5.31. The molecule has 4 nitrogen and oxygen atoms in total. The third kappa shape index (κ3) is 7.09. The Bertz CT molecular complexity index is 502. The number of carbonyl (C=O) groups is 2. The predicted octanol–water partition coefficient (Wildman–Crippen LogP) is 2.49. The van der Waals surface area contributed by atoms with E-state index in [1.807, 2.05) is 45.0 Å². The van der Waals surface area contributed by atoms with E-state index in [0.29, 0.717) is 0 Å². The molecule has 5 heteroatoms. The molecule has 0 aromatic heterocycles. The predicted molar refractivity (Wildman–Crippen MR) is 84.1 cm³/mol. The van der Waals surface area contributed by atoms with E-state index in [4.69, 9.17) is 0 Å². The molecule has 0 saturated carbocycles. The molecule has 2 amide bonds. The highest BCUT2D eigenvalue weighted by atomic mass is 79.9. The Labute approximate surface area is 127 Å². The average molecular weight is 339 g/mol. The van der Waals surface area contributed by atoms with Crippen LogP contribution in [0.4, 0.5) is 0 Å². The van der Waals surface area contributed by atoms with E-state index < -0.39 is 0 Å². The maximum atomic E-state index is 11.6. The Morgan fingerprint density at radius 3 is 2.35 bits per heavy atom. The molecule has 0 aliphatic heterocycles. The highest BCUT2D eigenvalue weighted by Gasteiger charge is 2.13. The Hall–Kier alpha value is -1.62. The van der Waals surface area contributed by atoms with Crippen LogP contribution in [0.25, 0.3) is 6.08 Å². The minimum atomic E-state index is -0.297. The molecule has 2 N–H and O–H groups in total. The molecule has 0 atom stereocenters. The first kappa shape index (κ1) is 16.4. The van der Waals surface area contributed by atoms with E-state index in [-0.39, 0.29) is 23.9 Å². The molecule has 1 aromatic carbocycles. The number of carbonyl (C=O) groups excluding carboxylic acids is 2. The lowest BCUT2D eigenvalue weighted by Gasteiger charge is -2.20. The molecule has 0 spiro atoms. The first-order chi connectivity index (χ1) is 9.26. The van der Waals surface area contributed by atoms with E-state index in [2.05, 4.69) is 26.6 Å². The summed E-state index contributed by atoms with van der Waals surface area (Å²) < 4.78 is 0.984. The Morgan fingerprint density at radius 2 is 1.80 bits per heavy atom. The SMILES string of the molecule is CC(C)(C)NC(=O)CNC(=O)/C=C/c1ccc(Br)cc1. The van der Waals surface area contributed by atoms with E-state index in [1.165, 1.54) is 6.08 Å². The molecule has 0 fully saturated rings. The summed E-state index contributed by atoms with van der Waals surface area (Å²) in [4.78, 5) is 23.1. The summed E-state index contributed by atoms with van der Waals surface area (Å²) in [6, 6.07) is 7.57. The van der Waals surface area contributed by atoms with E-state index in [1.54, 1.807) is 6.08 Å². The van der Waals surface area contributed by atoms with Gasteiger partial charge in [0.2, 0.25) is 11.8 Å². The molecule has 1 aromatic rings. The van der Waals surface area contributed by atoms with Crippen molar-refractivity contribution in [3.63, 3.8) is 0 Å². The molecule has 0 saturated heterocycles. The lowest BCUT2D eigenvalue weighted by Crippen LogP contribution is -2.45. The Kier molecular flexibility index (Phi) is 5.95. The van der Waals surface area contributed by atoms with E-state index >= 15 is 0 Å². The van der Waals surface area contributed by atoms with Crippen molar-refractivity contribution in [2.24, 2.45) is 0 Å². The van der Waals surface area contributed by atoms with E-state index in [0.717, 1.165) is 10.0 Å². The minimum Gasteiger partial charge on any atom is -0.350 e. The van der Waals surface area contributed by atoms with Gasteiger partial charge in [-0.15, -0.1) is 0 Å². The van der Waals surface area contributed by atoms with Gasteiger partial charge >= 0.3 is 0 Å². The lowest BCUT2D eigenvalue weighted by atomic mass is 10.1. The van der Waals surface area contributed by atoms with Crippen LogP contribution in [0.2, 0.25) is 0 Å². The monoisotopic (exact) mass is 338 g/mol. The van der Waals surface area contributed by atoms with Crippen molar-refractivity contribution in [1.29, 1.82) is 0 Å². The van der Waals surface area contributed by atoms with Crippen LogP contribution < -0.4 is 10.6 Å². The van der Waals surface area contributed by atoms with Gasteiger partial charge in [-0.25, -0.2) is 0 Å². The first-order valence-corrected chi connectivity index (χ1v) is 7.08. The number of benzene rings is 1. The fourth-order valence-electron chi connectivity index (χ4n) is 1.43. The second-order valence-corrected chi connectivity index (χ2v) is 6.32. The zero-order chi connectivity index (χ0) is 15.2. The number of amides is 2. The third-order valence-electron chi connectivity index (χ3n) is 2.23. The van der Waals surface area contributed by atoms with Gasteiger partial charge in [0.1, 0.15) is 0 Å². The second kappa shape index (κ2) is 7.24. The maximum Gasteiger partial charge on any atom is 0.244 e. The molecule has 108 valence electrons. The third-order valence-corrected chi connectivity index (χ3v) is 2.76. The van der Waals surface area contributed by atoms with Crippen molar-refractivity contribution >= 4 is 33.8 Å². The average Bonchev–Trinajstić information content (AvgIpc) is 2.33. The van der Waals surface area contributed by atoms with Crippen LogP contribution in [0, 0.1) is 0 Å². The summed E-state index contributed by atoms with van der Waals surface area (Å²) in [5.74, 6) is -0.500. The summed E-state index contributed by atoms with van der Waals surface area (Å²) in [5.41, 5.74) is 0.622. The van der Waals surface area contributed by atoms with Crippen molar-refractivity contribution in [3.05, 3.63) is 40.4 Å². The van der Waals surface area contributed by atoms with Crippen LogP contribution in [0.5, 0.6) is 0 Å². The van der Waals surface area contributed by atoms with Gasteiger partial charge in [-0.1, -0.05) is 28.1 Å². The topological polar surface area (TPSA) is 58.2 Å². The molecule has 0 aliphatic rings. The molecule has 20 heavy (non-hydrogen) atoms. The normalized spacial score (nSPS) is 11.4. The van der Waals surface area contributed by atoms with Crippen LogP contribution in [0.3, 0.4) is 0 Å². The van der Waals surface area contributed by atoms with Crippen LogP contribution in [-0.4, -0.2) is 23.9 Å². The molecule has 0 aliphatic carbocycles. The number of nitrogens with one attached hydrogen (secondary N) is 2. The fourth-order valence-corrected chi connectivity index (χ4v) is 1.70. The molecular weight excluding hydrogens is 320 g/mol. The van der Waals surface area contributed by atoms with Gasteiger partial charge < -0.3 is 10.6 Å². The number of hydrogen-bond donors (Lipinski definition) is 2. The summed E-state index contributed by atoms with van der Waals surface area (Å²) in [7, 11) is 0. The standard InChI is InChI=1S/C15H19BrN2O2/c1-15(2,3)18-14(20)10-17-13(19)9-6-11-4-7-12(16)8-5-11/h4-9H,10H2,1-3H3,(H,17,19)(H,18,20)/b9-6+. The summed E-state index contributed by atoms with van der Waals surface area (Å²) in [6.45, 7) is 5.64. The van der Waals surface area contributed by atoms with Crippen molar-refractivity contribution in [1.82, 2.24) is 10.6 Å². The van der Waals surface area contributed by atoms with Crippen LogP contribution in [0.15, 0.2) is 34.8 Å². The zero-order valence-corrected chi connectivity index (χ0v) is 13.5. The lowest BCUT2D eigenvalue weighted by molar-refractivity contribution is -0.124. The van der Waals surface area contributed by atoms with Gasteiger partial charge in [0.05, 0.1) is 6.54 Å². The van der Waals surface area contributed by atoms with Crippen LogP contribution in [-0.2, 0) is 9.59 Å². The maximum absolute atomic E-state index is 11.6. The van der Waals surface area contributed by atoms with Crippen LogP contribution >= 0.6 is 15.9 Å². The van der Waals surface area contributed by atoms with Crippen LogP contribution in [0.1, 0.15) is 26.3 Å². The highest BCUT2D eigenvalue weighted by molar-refractivity contribution is 9.10. The van der Waals surface area contributed by atoms with Crippen molar-refractivity contribution in [3.8, 4) is 0 Å². The smallest absolute Gasteiger partial charge is 0.244 e. The van der Waals surface area contributed by atoms with Crippen molar-refractivity contribution in [2.45, 2.75) is 26.3 Å². The Balaban J connectivity index is 2.40. The van der Waals surface area contributed by atoms with Gasteiger partial charge in [-0.2, -0.15) is 0 Å². The van der Waals surface area contributed by atoms with E-state index in [9.17, 15) is 9.59 Å². The fraction of sp³-hybridized carbons (Fsp3) is 0.333. The number of hydrogen-bond acceptors (Lipinski definition) is 2. The highest BCUT2D eigenvalue weighted by Crippen LogP contribution is 2.11. The van der Waals surface area contributed by atoms with Gasteiger partial charge in [-0.3, -0.25) is 9.59 Å². The molecule has 0 heterocycles. The summed E-state index contributed by atoms with van der Waals surface area (Å²) >= 11 is 3.34. The van der Waals surface area contributed by atoms with Crippen molar-refractivity contribution in [2.75, 3.05) is 6.54 Å². The molecule has 0 bridgehead atoms. The first-order valence-electron chi connectivity index (χ1n) is 6.29. The molecule has 0 unspecified atom stereocenters. The van der Waals surface area contributed by atoms with Gasteiger partial charge in [0.25, 0.3) is 0 Å². The largest absolute Gasteiger partial charge is 0.350 e. The zero-order valence-electron chi connectivity index (χ0n) is 11.9. The second-order valence-electron chi connectivity index (χ2n) is 5.40. The van der Waals surface area contributed by atoms with Gasteiger partial charge in [0.15, 0.2) is 0 Å². The molecular formula is C15H19BrN2O2. The summed E-state index contributed by atoms with van der Waals surface area (Å²) in [6.07, 6.45) is 3.11. The van der Waals surface area contributed by atoms with Gasteiger partial charge in [-0.05, 0) is 44.5 Å².